The molecule has 7 nitrogen and oxygen atoms in total. The van der Waals surface area contributed by atoms with E-state index in [0.717, 1.165) is 48.6 Å². The number of hydrogen-bond acceptors (Lipinski definition) is 5. The fraction of sp³-hybridized carbons (Fsp3) is 0.500. The first-order valence-corrected chi connectivity index (χ1v) is 12.5. The van der Waals surface area contributed by atoms with Crippen LogP contribution in [0, 0.1) is 5.92 Å². The lowest BCUT2D eigenvalue weighted by Gasteiger charge is -2.30. The van der Waals surface area contributed by atoms with Crippen LogP contribution in [-0.2, 0) is 22.7 Å². The van der Waals surface area contributed by atoms with Crippen molar-refractivity contribution in [3.63, 3.8) is 0 Å². The summed E-state index contributed by atoms with van der Waals surface area (Å²) in [5, 5.41) is 0. The fourth-order valence-corrected chi connectivity index (χ4v) is 4.68. The van der Waals surface area contributed by atoms with E-state index in [1.165, 1.54) is 0 Å². The van der Waals surface area contributed by atoms with Gasteiger partial charge in [-0.05, 0) is 48.1 Å². The van der Waals surface area contributed by atoms with E-state index in [0.29, 0.717) is 32.0 Å². The molecule has 1 heterocycles. The number of methoxy groups -OCH3 is 1. The predicted molar refractivity (Wildman–Crippen MR) is 140 cm³/mol. The van der Waals surface area contributed by atoms with E-state index in [1.807, 2.05) is 52.3 Å². The Labute approximate surface area is 209 Å². The number of para-hydroxylation sites is 1. The molecule has 1 aliphatic heterocycles. The first-order valence-electron chi connectivity index (χ1n) is 12.5. The van der Waals surface area contributed by atoms with Gasteiger partial charge in [0, 0.05) is 51.9 Å². The number of nitrogens with two attached hydrogens (primary N) is 1. The molecule has 0 fully saturated rings. The van der Waals surface area contributed by atoms with E-state index >= 15 is 0 Å². The molecule has 0 saturated heterocycles. The highest BCUT2D eigenvalue weighted by Crippen LogP contribution is 2.24. The standard InChI is InChI=1S/C28H40N4O3/c1-21(2)17-26(29)28(34)31-16-15-30(19-23-9-7-11-25(18-23)35-4)13-8-14-32(22(3)33)27-12-6-5-10-24(27)20-31/h5-7,9-12,18,21,26H,8,13-17,19-20,29H2,1-4H3/t26-/m1/s1. The molecule has 0 spiro atoms. The third kappa shape index (κ3) is 7.54. The van der Waals surface area contributed by atoms with Gasteiger partial charge in [0.05, 0.1) is 13.2 Å². The second-order valence-electron chi connectivity index (χ2n) is 9.78. The zero-order valence-electron chi connectivity index (χ0n) is 21.6. The first kappa shape index (κ1) is 26.7. The lowest BCUT2D eigenvalue weighted by molar-refractivity contribution is -0.133. The van der Waals surface area contributed by atoms with Crippen LogP contribution in [0.3, 0.4) is 0 Å². The molecule has 190 valence electrons. The molecule has 2 aromatic carbocycles. The van der Waals surface area contributed by atoms with E-state index in [9.17, 15) is 9.59 Å². The van der Waals surface area contributed by atoms with Crippen LogP contribution >= 0.6 is 0 Å². The van der Waals surface area contributed by atoms with E-state index in [4.69, 9.17) is 10.5 Å². The summed E-state index contributed by atoms with van der Waals surface area (Å²) in [7, 11) is 1.67. The van der Waals surface area contributed by atoms with Crippen molar-refractivity contribution in [2.75, 3.05) is 38.2 Å². The monoisotopic (exact) mass is 480 g/mol. The molecule has 0 unspecified atom stereocenters. The molecule has 1 atom stereocenters. The summed E-state index contributed by atoms with van der Waals surface area (Å²) >= 11 is 0. The van der Waals surface area contributed by atoms with E-state index < -0.39 is 6.04 Å². The summed E-state index contributed by atoms with van der Waals surface area (Å²) in [6, 6.07) is 15.4. The number of anilines is 1. The smallest absolute Gasteiger partial charge is 0.239 e. The topological polar surface area (TPSA) is 79.1 Å². The van der Waals surface area contributed by atoms with E-state index in [2.05, 4.69) is 24.8 Å². The molecular weight excluding hydrogens is 440 g/mol. The van der Waals surface area contributed by atoms with Gasteiger partial charge in [-0.25, -0.2) is 0 Å². The van der Waals surface area contributed by atoms with Gasteiger partial charge in [-0.15, -0.1) is 0 Å². The van der Waals surface area contributed by atoms with Crippen molar-refractivity contribution in [2.24, 2.45) is 11.7 Å². The number of benzene rings is 2. The van der Waals surface area contributed by atoms with Crippen molar-refractivity contribution in [3.8, 4) is 5.75 Å². The maximum atomic E-state index is 13.4. The Balaban J connectivity index is 1.90. The SMILES string of the molecule is COc1cccc(CN2CCCN(C(C)=O)c3ccccc3CN(C(=O)[C@H](N)CC(C)C)CC2)c1. The third-order valence-corrected chi connectivity index (χ3v) is 6.46. The first-order chi connectivity index (χ1) is 16.8. The summed E-state index contributed by atoms with van der Waals surface area (Å²) in [5.41, 5.74) is 9.33. The van der Waals surface area contributed by atoms with Crippen molar-refractivity contribution in [1.82, 2.24) is 9.80 Å². The summed E-state index contributed by atoms with van der Waals surface area (Å²) in [6.07, 6.45) is 1.47. The van der Waals surface area contributed by atoms with Crippen LogP contribution in [0.5, 0.6) is 5.75 Å². The zero-order valence-corrected chi connectivity index (χ0v) is 21.6. The average Bonchev–Trinajstić information content (AvgIpc) is 2.86. The molecule has 0 bridgehead atoms. The van der Waals surface area contributed by atoms with Gasteiger partial charge in [0.2, 0.25) is 11.8 Å². The number of ether oxygens (including phenoxy) is 1. The Kier molecular flexibility index (Phi) is 9.69. The lowest BCUT2D eigenvalue weighted by atomic mass is 10.0. The maximum absolute atomic E-state index is 13.4. The van der Waals surface area contributed by atoms with Gasteiger partial charge in [-0.1, -0.05) is 44.2 Å². The van der Waals surface area contributed by atoms with Crippen LogP contribution < -0.4 is 15.4 Å². The molecule has 7 heteroatoms. The Morgan fingerprint density at radius 3 is 2.51 bits per heavy atom. The van der Waals surface area contributed by atoms with Crippen molar-refractivity contribution in [3.05, 3.63) is 59.7 Å². The fourth-order valence-electron chi connectivity index (χ4n) is 4.68. The quantitative estimate of drug-likeness (QED) is 0.683. The van der Waals surface area contributed by atoms with Gasteiger partial charge >= 0.3 is 0 Å². The van der Waals surface area contributed by atoms with E-state index in [1.54, 1.807) is 14.0 Å². The van der Waals surface area contributed by atoms with Crippen LogP contribution in [-0.4, -0.2) is 60.9 Å². The molecule has 0 aliphatic carbocycles. The summed E-state index contributed by atoms with van der Waals surface area (Å²) in [6.45, 7) is 9.66. The van der Waals surface area contributed by atoms with Gasteiger partial charge in [-0.3, -0.25) is 14.5 Å². The average molecular weight is 481 g/mol. The molecule has 2 aromatic rings. The van der Waals surface area contributed by atoms with Crippen molar-refractivity contribution >= 4 is 17.5 Å². The number of carbonyl (C=O) groups is 2. The van der Waals surface area contributed by atoms with Crippen LogP contribution in [0.4, 0.5) is 5.69 Å². The summed E-state index contributed by atoms with van der Waals surface area (Å²) in [5.74, 6) is 1.13. The predicted octanol–water partition coefficient (Wildman–Crippen LogP) is 3.66. The summed E-state index contributed by atoms with van der Waals surface area (Å²) < 4.78 is 5.40. The van der Waals surface area contributed by atoms with Gasteiger partial charge in [-0.2, -0.15) is 0 Å². The molecule has 0 aromatic heterocycles. The van der Waals surface area contributed by atoms with Crippen LogP contribution in [0.1, 0.15) is 44.7 Å². The second-order valence-corrected chi connectivity index (χ2v) is 9.78. The normalized spacial score (nSPS) is 16.4. The van der Waals surface area contributed by atoms with Crippen LogP contribution in [0.2, 0.25) is 0 Å². The lowest BCUT2D eigenvalue weighted by Crippen LogP contribution is -2.46. The highest BCUT2D eigenvalue weighted by molar-refractivity contribution is 5.92. The van der Waals surface area contributed by atoms with Gasteiger partial charge in [0.15, 0.2) is 0 Å². The molecule has 35 heavy (non-hydrogen) atoms. The Hall–Kier alpha value is -2.90. The molecule has 2 N–H and O–H groups in total. The molecule has 3 rings (SSSR count). The largest absolute Gasteiger partial charge is 0.497 e. The molecule has 0 saturated carbocycles. The molecule has 0 radical (unpaired) electrons. The highest BCUT2D eigenvalue weighted by atomic mass is 16.5. The van der Waals surface area contributed by atoms with Gasteiger partial charge in [0.1, 0.15) is 5.75 Å². The van der Waals surface area contributed by atoms with E-state index in [-0.39, 0.29) is 11.8 Å². The Bertz CT molecular complexity index is 994. The Morgan fingerprint density at radius 1 is 1.03 bits per heavy atom. The number of carbonyl (C=O) groups excluding carboxylic acids is 2. The number of fused-ring (bicyclic) bond motifs is 1. The van der Waals surface area contributed by atoms with Crippen molar-refractivity contribution < 1.29 is 14.3 Å². The van der Waals surface area contributed by atoms with Gasteiger partial charge < -0.3 is 20.3 Å². The van der Waals surface area contributed by atoms with Crippen LogP contribution in [0.25, 0.3) is 0 Å². The molecular formula is C28H40N4O3. The minimum absolute atomic E-state index is 0.00503. The number of rotatable bonds is 6. The zero-order chi connectivity index (χ0) is 25.4. The number of nitrogens with zero attached hydrogens (tertiary/aromatic N) is 3. The number of hydrogen-bond donors (Lipinski definition) is 1. The maximum Gasteiger partial charge on any atom is 0.239 e. The van der Waals surface area contributed by atoms with Gasteiger partial charge in [0.25, 0.3) is 0 Å². The second kappa shape index (κ2) is 12.7. The minimum Gasteiger partial charge on any atom is -0.497 e. The third-order valence-electron chi connectivity index (χ3n) is 6.46. The van der Waals surface area contributed by atoms with Crippen molar-refractivity contribution in [1.29, 1.82) is 0 Å². The minimum atomic E-state index is -0.539. The number of amides is 2. The van der Waals surface area contributed by atoms with Crippen LogP contribution in [0.15, 0.2) is 48.5 Å². The summed E-state index contributed by atoms with van der Waals surface area (Å²) in [4.78, 5) is 32.1. The van der Waals surface area contributed by atoms with Crippen molar-refractivity contribution in [2.45, 2.75) is 52.7 Å². The highest BCUT2D eigenvalue weighted by Gasteiger charge is 2.25. The molecule has 1 aliphatic rings. The molecule has 2 amide bonds. The Morgan fingerprint density at radius 2 is 1.80 bits per heavy atom.